The lowest BCUT2D eigenvalue weighted by atomic mass is 10.1. The number of amides is 1. The summed E-state index contributed by atoms with van der Waals surface area (Å²) < 4.78 is 7.73. The summed E-state index contributed by atoms with van der Waals surface area (Å²) >= 11 is 1.48. The lowest BCUT2D eigenvalue weighted by Gasteiger charge is -2.16. The summed E-state index contributed by atoms with van der Waals surface area (Å²) in [5, 5.41) is 6.40. The van der Waals surface area contributed by atoms with Gasteiger partial charge in [0, 0.05) is 11.4 Å². The van der Waals surface area contributed by atoms with Gasteiger partial charge in [-0.25, -0.2) is 0 Å². The molecule has 1 amide bonds. The molecule has 1 aromatic heterocycles. The van der Waals surface area contributed by atoms with E-state index in [1.807, 2.05) is 31.2 Å². The Morgan fingerprint density at radius 2 is 1.78 bits per heavy atom. The predicted octanol–water partition coefficient (Wildman–Crippen LogP) is 5.63. The van der Waals surface area contributed by atoms with E-state index in [0.717, 1.165) is 34.0 Å². The number of ether oxygens (including phenoxy) is 1. The molecule has 1 unspecified atom stereocenters. The highest BCUT2D eigenvalue weighted by Gasteiger charge is 2.28. The lowest BCUT2D eigenvalue weighted by Crippen LogP contribution is -2.31. The van der Waals surface area contributed by atoms with Gasteiger partial charge in [0.2, 0.25) is 0 Å². The number of methoxy groups -OCH3 is 1. The van der Waals surface area contributed by atoms with Gasteiger partial charge >= 0.3 is 0 Å². The molecule has 0 saturated carbocycles. The van der Waals surface area contributed by atoms with Crippen LogP contribution in [0, 0.1) is 34.6 Å². The van der Waals surface area contributed by atoms with Crippen LogP contribution in [0.2, 0.25) is 0 Å². The fraction of sp³-hybridized carbons (Fsp3) is 0.269. The molecule has 1 fully saturated rings. The summed E-state index contributed by atoms with van der Waals surface area (Å²) in [7, 11) is 1.65. The maximum atomic E-state index is 12.7. The van der Waals surface area contributed by atoms with Gasteiger partial charge < -0.3 is 19.9 Å². The zero-order valence-corrected chi connectivity index (χ0v) is 20.2. The first kappa shape index (κ1) is 22.1. The van der Waals surface area contributed by atoms with Crippen molar-refractivity contribution >= 4 is 29.4 Å². The van der Waals surface area contributed by atoms with Crippen LogP contribution in [0.3, 0.4) is 0 Å². The number of carbonyl (C=O) groups is 1. The quantitative estimate of drug-likeness (QED) is 0.498. The molecule has 0 radical (unpaired) electrons. The number of carbonyl (C=O) groups excluding carboxylic acids is 1. The molecule has 0 bridgehead atoms. The van der Waals surface area contributed by atoms with Gasteiger partial charge in [-0.05, 0) is 81.1 Å². The Morgan fingerprint density at radius 3 is 2.47 bits per heavy atom. The van der Waals surface area contributed by atoms with Crippen molar-refractivity contribution in [1.29, 1.82) is 0 Å². The maximum Gasteiger partial charge on any atom is 0.260 e. The molecule has 1 aliphatic heterocycles. The van der Waals surface area contributed by atoms with Crippen molar-refractivity contribution in [2.45, 2.75) is 40.1 Å². The number of nitrogens with one attached hydrogen (secondary N) is 2. The zero-order chi connectivity index (χ0) is 23.0. The summed E-state index contributed by atoms with van der Waals surface area (Å²) in [4.78, 5) is 13.4. The topological polar surface area (TPSA) is 55.3 Å². The monoisotopic (exact) mass is 447 g/mol. The van der Waals surface area contributed by atoms with E-state index in [1.165, 1.54) is 28.6 Å². The number of thioether (sulfide) groups is 1. The largest absolute Gasteiger partial charge is 0.495 e. The minimum Gasteiger partial charge on any atom is -0.495 e. The number of anilines is 1. The summed E-state index contributed by atoms with van der Waals surface area (Å²) in [6.45, 7) is 10.5. The number of hydrogen-bond acceptors (Lipinski definition) is 4. The van der Waals surface area contributed by atoms with Crippen LogP contribution in [0.4, 0.5) is 5.69 Å². The minimum atomic E-state index is -0.258. The average Bonchev–Trinajstić information content (AvgIpc) is 3.21. The van der Waals surface area contributed by atoms with Crippen LogP contribution in [0.25, 0.3) is 11.8 Å². The molecule has 32 heavy (non-hydrogen) atoms. The molecular formula is C26H29N3O2S. The van der Waals surface area contributed by atoms with Crippen LogP contribution in [-0.2, 0) is 4.79 Å². The Balaban J connectivity index is 1.62. The van der Waals surface area contributed by atoms with Gasteiger partial charge in [0.15, 0.2) is 5.50 Å². The van der Waals surface area contributed by atoms with Crippen molar-refractivity contribution in [3.05, 3.63) is 81.0 Å². The molecule has 0 spiro atoms. The molecule has 3 aromatic rings. The average molecular weight is 448 g/mol. The highest BCUT2D eigenvalue weighted by molar-refractivity contribution is 8.05. The molecule has 0 aliphatic carbocycles. The highest BCUT2D eigenvalue weighted by atomic mass is 32.2. The lowest BCUT2D eigenvalue weighted by molar-refractivity contribution is -0.116. The van der Waals surface area contributed by atoms with Crippen molar-refractivity contribution in [2.24, 2.45) is 0 Å². The van der Waals surface area contributed by atoms with E-state index in [4.69, 9.17) is 4.74 Å². The standard InChI is InChI=1S/C26H29N3O2S/c1-15-10-11-22(31-6)21(12-15)27-26-28-25(30)23(32-26)14-20-13-18(4)29(19(20)5)24-16(2)8-7-9-17(24)3/h7-14,26-27H,1-6H3,(H,28,30)/b23-14-. The Hall–Kier alpha value is -3.12. The Bertz CT molecular complexity index is 1210. The summed E-state index contributed by atoms with van der Waals surface area (Å²) in [6, 6.07) is 14.4. The van der Waals surface area contributed by atoms with Crippen molar-refractivity contribution in [3.63, 3.8) is 0 Å². The van der Waals surface area contributed by atoms with Crippen LogP contribution in [0.5, 0.6) is 5.75 Å². The Morgan fingerprint density at radius 1 is 1.06 bits per heavy atom. The predicted molar refractivity (Wildman–Crippen MR) is 134 cm³/mol. The fourth-order valence-corrected chi connectivity index (χ4v) is 5.19. The van der Waals surface area contributed by atoms with Crippen molar-refractivity contribution in [1.82, 2.24) is 9.88 Å². The van der Waals surface area contributed by atoms with Crippen molar-refractivity contribution in [2.75, 3.05) is 12.4 Å². The van der Waals surface area contributed by atoms with Crippen LogP contribution < -0.4 is 15.4 Å². The molecule has 5 nitrogen and oxygen atoms in total. The highest BCUT2D eigenvalue weighted by Crippen LogP contribution is 2.35. The number of hydrogen-bond donors (Lipinski definition) is 2. The first-order valence-electron chi connectivity index (χ1n) is 10.6. The molecule has 166 valence electrons. The molecule has 1 aliphatic rings. The molecule has 1 saturated heterocycles. The number of para-hydroxylation sites is 1. The molecule has 1 atom stereocenters. The Kier molecular flexibility index (Phi) is 6.07. The number of benzene rings is 2. The minimum absolute atomic E-state index is 0.0732. The SMILES string of the molecule is COc1ccc(C)cc1NC1NC(=O)/C(=C/c2cc(C)n(-c3c(C)cccc3C)c2C)S1. The van der Waals surface area contributed by atoms with Gasteiger partial charge in [-0.2, -0.15) is 0 Å². The molecular weight excluding hydrogens is 418 g/mol. The number of aromatic nitrogens is 1. The van der Waals surface area contributed by atoms with E-state index < -0.39 is 0 Å². The van der Waals surface area contributed by atoms with Gasteiger partial charge in [0.1, 0.15) is 5.75 Å². The summed E-state index contributed by atoms with van der Waals surface area (Å²) in [5.41, 5.74) is 8.72. The third-order valence-electron chi connectivity index (χ3n) is 5.79. The van der Waals surface area contributed by atoms with E-state index in [0.29, 0.717) is 4.91 Å². The normalized spacial score (nSPS) is 17.0. The zero-order valence-electron chi connectivity index (χ0n) is 19.4. The Labute approximate surface area is 193 Å². The first-order valence-corrected chi connectivity index (χ1v) is 11.5. The van der Waals surface area contributed by atoms with E-state index in [9.17, 15) is 4.79 Å². The second kappa shape index (κ2) is 8.79. The second-order valence-electron chi connectivity index (χ2n) is 8.23. The number of nitrogens with zero attached hydrogens (tertiary/aromatic N) is 1. The van der Waals surface area contributed by atoms with Gasteiger partial charge in [-0.15, -0.1) is 0 Å². The van der Waals surface area contributed by atoms with Gasteiger partial charge in [-0.3, -0.25) is 4.79 Å². The van der Waals surface area contributed by atoms with Gasteiger partial charge in [0.25, 0.3) is 5.91 Å². The third kappa shape index (κ3) is 4.15. The molecule has 4 rings (SSSR count). The smallest absolute Gasteiger partial charge is 0.260 e. The summed E-state index contributed by atoms with van der Waals surface area (Å²) in [5.74, 6) is 0.677. The van der Waals surface area contributed by atoms with E-state index in [2.05, 4.69) is 67.2 Å². The summed E-state index contributed by atoms with van der Waals surface area (Å²) in [6.07, 6.45) is 1.99. The van der Waals surface area contributed by atoms with Crippen molar-refractivity contribution in [3.8, 4) is 11.4 Å². The van der Waals surface area contributed by atoms with Crippen LogP contribution in [-0.4, -0.2) is 23.1 Å². The second-order valence-corrected chi connectivity index (χ2v) is 9.38. The molecule has 2 heterocycles. The third-order valence-corrected chi connectivity index (χ3v) is 6.82. The fourth-order valence-electron chi connectivity index (χ4n) is 4.22. The van der Waals surface area contributed by atoms with E-state index in [-0.39, 0.29) is 11.4 Å². The first-order chi connectivity index (χ1) is 15.3. The number of aryl methyl sites for hydroxylation is 4. The van der Waals surface area contributed by atoms with Crippen LogP contribution >= 0.6 is 11.8 Å². The van der Waals surface area contributed by atoms with Crippen LogP contribution in [0.15, 0.2) is 47.4 Å². The van der Waals surface area contributed by atoms with Crippen LogP contribution in [0.1, 0.15) is 33.6 Å². The van der Waals surface area contributed by atoms with E-state index in [1.54, 1.807) is 7.11 Å². The molecule has 6 heteroatoms. The molecule has 2 N–H and O–H groups in total. The molecule has 2 aromatic carbocycles. The van der Waals surface area contributed by atoms with Crippen molar-refractivity contribution < 1.29 is 9.53 Å². The van der Waals surface area contributed by atoms with Gasteiger partial charge in [-0.1, -0.05) is 36.0 Å². The van der Waals surface area contributed by atoms with E-state index >= 15 is 0 Å². The number of rotatable bonds is 5. The van der Waals surface area contributed by atoms with Gasteiger partial charge in [0.05, 0.1) is 23.4 Å². The maximum absolute atomic E-state index is 12.7.